The molecule has 0 amide bonds. The van der Waals surface area contributed by atoms with E-state index in [0.29, 0.717) is 22.4 Å². The molecule has 0 spiro atoms. The van der Waals surface area contributed by atoms with Crippen molar-refractivity contribution in [1.82, 2.24) is 4.57 Å². The van der Waals surface area contributed by atoms with Crippen LogP contribution in [0.2, 0.25) is 0 Å². The number of hydrogen-bond donors (Lipinski definition) is 0. The fraction of sp³-hybridized carbons (Fsp3) is 0.267. The zero-order chi connectivity index (χ0) is 15.5. The Kier molecular flexibility index (Phi) is 4.73. The molecule has 112 valence electrons. The van der Waals surface area contributed by atoms with Gasteiger partial charge in [0.25, 0.3) is 5.56 Å². The van der Waals surface area contributed by atoms with Crippen molar-refractivity contribution in [3.05, 3.63) is 69.6 Å². The first-order valence-corrected chi connectivity index (χ1v) is 6.81. The molecule has 0 atom stereocenters. The average molecular weight is 316 g/mol. The number of pyridine rings is 1. The van der Waals surface area contributed by atoms with Crippen LogP contribution in [0.4, 0.5) is 13.2 Å². The van der Waals surface area contributed by atoms with Crippen LogP contribution >= 0.6 is 11.6 Å². The topological polar surface area (TPSA) is 22.0 Å². The largest absolute Gasteiger partial charge is 0.406 e. The molecule has 0 unspecified atom stereocenters. The number of benzene rings is 1. The molecule has 21 heavy (non-hydrogen) atoms. The van der Waals surface area contributed by atoms with Crippen molar-refractivity contribution in [3.8, 4) is 0 Å². The normalized spacial score (nSPS) is 11.6. The summed E-state index contributed by atoms with van der Waals surface area (Å²) >= 11 is 5.69. The summed E-state index contributed by atoms with van der Waals surface area (Å²) in [6, 6.07) is 10.3. The first-order chi connectivity index (χ1) is 9.89. The Morgan fingerprint density at radius 2 is 1.67 bits per heavy atom. The highest BCUT2D eigenvalue weighted by Gasteiger charge is 2.28. The smallest absolute Gasteiger partial charge is 0.306 e. The van der Waals surface area contributed by atoms with Gasteiger partial charge in [0.2, 0.25) is 0 Å². The molecule has 0 aliphatic rings. The third-order valence-corrected chi connectivity index (χ3v) is 3.33. The predicted molar refractivity (Wildman–Crippen MR) is 75.6 cm³/mol. The van der Waals surface area contributed by atoms with Crippen molar-refractivity contribution in [2.24, 2.45) is 0 Å². The maximum Gasteiger partial charge on any atom is 0.406 e. The maximum absolute atomic E-state index is 12.4. The molecule has 1 heterocycles. The summed E-state index contributed by atoms with van der Waals surface area (Å²) in [5.74, 6) is 0.393. The molecule has 6 heteroatoms. The van der Waals surface area contributed by atoms with E-state index < -0.39 is 18.3 Å². The zero-order valence-corrected chi connectivity index (χ0v) is 11.8. The van der Waals surface area contributed by atoms with E-state index in [-0.39, 0.29) is 0 Å². The Balaban J connectivity index is 2.24. The van der Waals surface area contributed by atoms with Gasteiger partial charge in [0.15, 0.2) is 0 Å². The van der Waals surface area contributed by atoms with E-state index in [4.69, 9.17) is 11.6 Å². The third-order valence-electron chi connectivity index (χ3n) is 3.02. The van der Waals surface area contributed by atoms with Gasteiger partial charge in [-0.2, -0.15) is 13.2 Å². The van der Waals surface area contributed by atoms with Crippen LogP contribution in [0.25, 0.3) is 0 Å². The molecule has 2 nitrogen and oxygen atoms in total. The van der Waals surface area contributed by atoms with Gasteiger partial charge in [-0.3, -0.25) is 4.79 Å². The molecule has 1 aromatic carbocycles. The lowest BCUT2D eigenvalue weighted by Crippen LogP contribution is -2.29. The molecule has 0 aliphatic carbocycles. The SMILES string of the molecule is O=c1c(Cc2ccc(CCl)cc2)cccn1CC(F)(F)F. The van der Waals surface area contributed by atoms with Crippen LogP contribution in [0.3, 0.4) is 0 Å². The molecule has 0 aliphatic heterocycles. The van der Waals surface area contributed by atoms with E-state index >= 15 is 0 Å². The van der Waals surface area contributed by atoms with Crippen molar-refractivity contribution in [1.29, 1.82) is 0 Å². The van der Waals surface area contributed by atoms with Crippen LogP contribution in [0.1, 0.15) is 16.7 Å². The summed E-state index contributed by atoms with van der Waals surface area (Å²) in [4.78, 5) is 12.0. The Morgan fingerprint density at radius 1 is 1.05 bits per heavy atom. The van der Waals surface area contributed by atoms with Crippen molar-refractivity contribution in [2.75, 3.05) is 0 Å². The lowest BCUT2D eigenvalue weighted by atomic mass is 10.0. The highest BCUT2D eigenvalue weighted by Crippen LogP contribution is 2.16. The molecule has 0 radical (unpaired) electrons. The Labute approximate surface area is 124 Å². The molecular weight excluding hydrogens is 303 g/mol. The van der Waals surface area contributed by atoms with Crippen molar-refractivity contribution in [3.63, 3.8) is 0 Å². The van der Waals surface area contributed by atoms with Crippen molar-refractivity contribution < 1.29 is 13.2 Å². The molecule has 1 aromatic heterocycles. The van der Waals surface area contributed by atoms with Gasteiger partial charge in [-0.05, 0) is 17.2 Å². The highest BCUT2D eigenvalue weighted by atomic mass is 35.5. The molecule has 0 N–H and O–H groups in total. The van der Waals surface area contributed by atoms with Gasteiger partial charge in [-0.25, -0.2) is 0 Å². The Bertz CT molecular complexity index is 662. The third kappa shape index (κ3) is 4.36. The lowest BCUT2D eigenvalue weighted by Gasteiger charge is -2.10. The fourth-order valence-electron chi connectivity index (χ4n) is 2.00. The second-order valence-corrected chi connectivity index (χ2v) is 4.98. The number of nitrogens with zero attached hydrogens (tertiary/aromatic N) is 1. The number of halogens is 4. The van der Waals surface area contributed by atoms with Crippen LogP contribution in [-0.4, -0.2) is 10.7 Å². The molecule has 0 bridgehead atoms. The van der Waals surface area contributed by atoms with E-state index in [9.17, 15) is 18.0 Å². The van der Waals surface area contributed by atoms with Gasteiger partial charge in [-0.15, -0.1) is 11.6 Å². The van der Waals surface area contributed by atoms with Crippen LogP contribution in [-0.2, 0) is 18.8 Å². The average Bonchev–Trinajstić information content (AvgIpc) is 2.43. The molecule has 2 aromatic rings. The summed E-state index contributed by atoms with van der Waals surface area (Å²) in [7, 11) is 0. The second-order valence-electron chi connectivity index (χ2n) is 4.71. The molecular formula is C15H13ClF3NO. The first kappa shape index (κ1) is 15.6. The summed E-state index contributed by atoms with van der Waals surface area (Å²) in [6.07, 6.45) is -2.97. The van der Waals surface area contributed by atoms with Gasteiger partial charge < -0.3 is 4.57 Å². The van der Waals surface area contributed by atoms with Gasteiger partial charge in [0, 0.05) is 24.1 Å². The summed E-state index contributed by atoms with van der Waals surface area (Å²) in [5.41, 5.74) is 1.52. The molecule has 2 rings (SSSR count). The maximum atomic E-state index is 12.4. The Morgan fingerprint density at radius 3 is 2.24 bits per heavy atom. The minimum Gasteiger partial charge on any atom is -0.306 e. The van der Waals surface area contributed by atoms with Gasteiger partial charge in [0.1, 0.15) is 6.54 Å². The van der Waals surface area contributed by atoms with Crippen LogP contribution in [0.15, 0.2) is 47.4 Å². The van der Waals surface area contributed by atoms with Gasteiger partial charge >= 0.3 is 6.18 Å². The fourth-order valence-corrected chi connectivity index (χ4v) is 2.18. The highest BCUT2D eigenvalue weighted by molar-refractivity contribution is 6.17. The van der Waals surface area contributed by atoms with Crippen molar-refractivity contribution in [2.45, 2.75) is 25.0 Å². The first-order valence-electron chi connectivity index (χ1n) is 6.28. The number of alkyl halides is 4. The minimum atomic E-state index is -4.41. The van der Waals surface area contributed by atoms with Crippen LogP contribution in [0, 0.1) is 0 Å². The van der Waals surface area contributed by atoms with E-state index in [1.807, 2.05) is 24.3 Å². The van der Waals surface area contributed by atoms with E-state index in [1.165, 1.54) is 6.07 Å². The van der Waals surface area contributed by atoms with Crippen LogP contribution in [0.5, 0.6) is 0 Å². The van der Waals surface area contributed by atoms with Gasteiger partial charge in [-0.1, -0.05) is 30.3 Å². The quantitative estimate of drug-likeness (QED) is 0.788. The predicted octanol–water partition coefficient (Wildman–Crippen LogP) is 3.74. The minimum absolute atomic E-state index is 0.292. The summed E-state index contributed by atoms with van der Waals surface area (Å²) in [5, 5.41) is 0. The molecule has 0 fully saturated rings. The lowest BCUT2D eigenvalue weighted by molar-refractivity contribution is -0.141. The van der Waals surface area contributed by atoms with E-state index in [0.717, 1.165) is 17.3 Å². The summed E-state index contributed by atoms with van der Waals surface area (Å²) in [6.45, 7) is -1.27. The molecule has 0 saturated heterocycles. The number of rotatable bonds is 4. The number of aromatic nitrogens is 1. The molecule has 0 saturated carbocycles. The van der Waals surface area contributed by atoms with E-state index in [2.05, 4.69) is 0 Å². The van der Waals surface area contributed by atoms with E-state index in [1.54, 1.807) is 6.07 Å². The van der Waals surface area contributed by atoms with Crippen LogP contribution < -0.4 is 5.56 Å². The number of hydrogen-bond acceptors (Lipinski definition) is 1. The zero-order valence-electron chi connectivity index (χ0n) is 11.0. The van der Waals surface area contributed by atoms with Gasteiger partial charge in [0.05, 0.1) is 0 Å². The second kappa shape index (κ2) is 6.35. The monoisotopic (exact) mass is 315 g/mol. The Hall–Kier alpha value is -1.75. The summed E-state index contributed by atoms with van der Waals surface area (Å²) < 4.78 is 37.9. The standard InChI is InChI=1S/C15H13ClF3NO/c16-9-12-5-3-11(4-6-12)8-13-2-1-7-20(14(13)21)10-15(17,18)19/h1-7H,8-10H2. The van der Waals surface area contributed by atoms with Crippen molar-refractivity contribution >= 4 is 11.6 Å².